The summed E-state index contributed by atoms with van der Waals surface area (Å²) in [5, 5.41) is 2.14. The van der Waals surface area contributed by atoms with Crippen LogP contribution >= 0.6 is 0 Å². The van der Waals surface area contributed by atoms with Gasteiger partial charge in [-0.25, -0.2) is 0 Å². The van der Waals surface area contributed by atoms with E-state index < -0.39 is 11.5 Å². The summed E-state index contributed by atoms with van der Waals surface area (Å²) in [7, 11) is 0. The minimum atomic E-state index is -0.777. The Morgan fingerprint density at radius 2 is 1.00 bits per heavy atom. The Bertz CT molecular complexity index is 3430. The molecule has 10 aromatic rings. The van der Waals surface area contributed by atoms with Gasteiger partial charge in [-0.1, -0.05) is 164 Å². The third-order valence-corrected chi connectivity index (χ3v) is 12.0. The lowest BCUT2D eigenvalue weighted by atomic mass is 9.70. The normalized spacial score (nSPS) is 14.3. The number of anilines is 3. The van der Waals surface area contributed by atoms with E-state index in [1.807, 2.05) is 30.3 Å². The molecule has 1 heterocycles. The minimum Gasteiger partial charge on any atom is -0.456 e. The van der Waals surface area contributed by atoms with Gasteiger partial charge in [0.25, 0.3) is 0 Å². The first-order valence-corrected chi connectivity index (χ1v) is 19.3. The van der Waals surface area contributed by atoms with Crippen molar-refractivity contribution in [3.63, 3.8) is 0 Å². The summed E-state index contributed by atoms with van der Waals surface area (Å²) >= 11 is 0. The van der Waals surface area contributed by atoms with E-state index in [2.05, 4.69) is 157 Å². The van der Waals surface area contributed by atoms with Crippen LogP contribution in [-0.2, 0) is 5.41 Å². The largest absolute Gasteiger partial charge is 0.456 e. The first-order chi connectivity index (χ1) is 30.4. The van der Waals surface area contributed by atoms with E-state index in [1.165, 1.54) is 0 Å². The molecule has 0 fully saturated rings. The highest BCUT2D eigenvalue weighted by Crippen LogP contribution is 2.64. The second-order valence-electron chi connectivity index (χ2n) is 14.8. The Labute approximate surface area is 338 Å². The van der Waals surface area contributed by atoms with Gasteiger partial charge in [-0.3, -0.25) is 0 Å². The first kappa shape index (κ1) is 27.2. The standard InChI is InChI=1S/C55H35NO/c1-3-16-36(17-4-1)37-30-32-42-43-33-31-39(35-50(43)55(49(42)34-37)47-25-11-7-20-40(47)41-21-8-12-26-48(41)55)56(38-18-5-2-6-19-38)51-27-13-9-22-44(51)45-24-15-29-53-54(45)46-23-10-14-28-52(46)57-53/h1-35H/i1D,3D,4D,16D,17D. The van der Waals surface area contributed by atoms with E-state index in [9.17, 15) is 0 Å². The third kappa shape index (κ3) is 4.53. The molecule has 12 rings (SSSR count). The van der Waals surface area contributed by atoms with Gasteiger partial charge in [-0.15, -0.1) is 0 Å². The topological polar surface area (TPSA) is 16.4 Å². The van der Waals surface area contributed by atoms with E-state index in [-0.39, 0.29) is 29.7 Å². The average Bonchev–Trinajstić information content (AvgIpc) is 3.95. The maximum atomic E-state index is 8.94. The zero-order chi connectivity index (χ0) is 41.9. The summed E-state index contributed by atoms with van der Waals surface area (Å²) in [4.78, 5) is 2.35. The van der Waals surface area contributed by atoms with E-state index in [0.717, 1.165) is 94.6 Å². The van der Waals surface area contributed by atoms with Crippen molar-refractivity contribution >= 4 is 39.0 Å². The van der Waals surface area contributed by atoms with E-state index in [1.54, 1.807) is 0 Å². The monoisotopic (exact) mass is 730 g/mol. The lowest BCUT2D eigenvalue weighted by molar-refractivity contribution is 0.669. The molecule has 9 aromatic carbocycles. The van der Waals surface area contributed by atoms with Gasteiger partial charge in [0.05, 0.1) is 18.0 Å². The van der Waals surface area contributed by atoms with Crippen LogP contribution in [0.15, 0.2) is 217 Å². The summed E-state index contributed by atoms with van der Waals surface area (Å²) in [6.07, 6.45) is 0. The second-order valence-corrected chi connectivity index (χ2v) is 14.8. The van der Waals surface area contributed by atoms with Crippen molar-refractivity contribution in [3.05, 3.63) is 234 Å². The zero-order valence-electron chi connectivity index (χ0n) is 35.7. The van der Waals surface area contributed by atoms with Crippen molar-refractivity contribution in [2.75, 3.05) is 4.90 Å². The number of rotatable bonds is 5. The summed E-state index contributed by atoms with van der Waals surface area (Å²) in [6.45, 7) is 0. The summed E-state index contributed by atoms with van der Waals surface area (Å²) in [6, 6.07) is 62.0. The molecule has 0 radical (unpaired) electrons. The molecular weight excluding hydrogens is 691 g/mol. The number of hydrogen-bond donors (Lipinski definition) is 0. The van der Waals surface area contributed by atoms with Crippen molar-refractivity contribution < 1.29 is 11.3 Å². The lowest BCUT2D eigenvalue weighted by Crippen LogP contribution is -2.26. The predicted octanol–water partition coefficient (Wildman–Crippen LogP) is 14.7. The van der Waals surface area contributed by atoms with Gasteiger partial charge in [0.15, 0.2) is 0 Å². The molecule has 0 aliphatic heterocycles. The van der Waals surface area contributed by atoms with Crippen molar-refractivity contribution in [2.45, 2.75) is 5.41 Å². The fourth-order valence-electron chi connectivity index (χ4n) is 9.72. The molecular formula is C55H35NO. The lowest BCUT2D eigenvalue weighted by Gasteiger charge is -2.33. The number of para-hydroxylation sites is 3. The quantitative estimate of drug-likeness (QED) is 0.175. The van der Waals surface area contributed by atoms with Gasteiger partial charge in [-0.2, -0.15) is 0 Å². The van der Waals surface area contributed by atoms with Crippen molar-refractivity contribution in [2.24, 2.45) is 0 Å². The highest BCUT2D eigenvalue weighted by atomic mass is 16.3. The van der Waals surface area contributed by atoms with Crippen molar-refractivity contribution in [1.29, 1.82) is 0 Å². The number of hydrogen-bond acceptors (Lipinski definition) is 2. The average molecular weight is 731 g/mol. The number of nitrogens with zero attached hydrogens (tertiary/aromatic N) is 1. The van der Waals surface area contributed by atoms with Gasteiger partial charge >= 0.3 is 0 Å². The Hall–Kier alpha value is -7.42. The molecule has 0 saturated heterocycles. The highest BCUT2D eigenvalue weighted by Gasteiger charge is 2.52. The number of furan rings is 1. The number of fused-ring (bicyclic) bond motifs is 13. The van der Waals surface area contributed by atoms with Gasteiger partial charge in [0.1, 0.15) is 11.2 Å². The Morgan fingerprint density at radius 1 is 0.404 bits per heavy atom. The Morgan fingerprint density at radius 3 is 1.79 bits per heavy atom. The van der Waals surface area contributed by atoms with Crippen LogP contribution in [0.3, 0.4) is 0 Å². The zero-order valence-corrected chi connectivity index (χ0v) is 30.7. The van der Waals surface area contributed by atoms with Gasteiger partial charge in [0.2, 0.25) is 0 Å². The molecule has 266 valence electrons. The van der Waals surface area contributed by atoms with Gasteiger partial charge < -0.3 is 9.32 Å². The fraction of sp³-hybridized carbons (Fsp3) is 0.0182. The molecule has 2 aliphatic rings. The van der Waals surface area contributed by atoms with Gasteiger partial charge in [0, 0.05) is 27.7 Å². The van der Waals surface area contributed by atoms with Gasteiger partial charge in [-0.05, 0) is 110 Å². The van der Waals surface area contributed by atoms with E-state index in [0.29, 0.717) is 5.56 Å². The molecule has 1 spiro atoms. The van der Waals surface area contributed by atoms with Crippen LogP contribution < -0.4 is 4.90 Å². The van der Waals surface area contributed by atoms with Crippen LogP contribution in [0.4, 0.5) is 17.1 Å². The molecule has 0 unspecified atom stereocenters. The maximum absolute atomic E-state index is 8.94. The van der Waals surface area contributed by atoms with E-state index in [4.69, 9.17) is 11.3 Å². The number of benzene rings is 9. The van der Waals surface area contributed by atoms with Crippen LogP contribution in [0.25, 0.3) is 66.4 Å². The maximum Gasteiger partial charge on any atom is 0.136 e. The van der Waals surface area contributed by atoms with Crippen LogP contribution in [0.2, 0.25) is 0 Å². The summed E-state index contributed by atoms with van der Waals surface area (Å²) in [5.41, 5.74) is 15.6. The van der Waals surface area contributed by atoms with Crippen LogP contribution in [0.1, 0.15) is 29.1 Å². The molecule has 2 nitrogen and oxygen atoms in total. The predicted molar refractivity (Wildman–Crippen MR) is 236 cm³/mol. The molecule has 0 atom stereocenters. The molecule has 0 amide bonds. The van der Waals surface area contributed by atoms with Crippen molar-refractivity contribution in [3.8, 4) is 44.5 Å². The van der Waals surface area contributed by atoms with Crippen LogP contribution in [-0.4, -0.2) is 0 Å². The van der Waals surface area contributed by atoms with Crippen LogP contribution in [0, 0.1) is 0 Å². The van der Waals surface area contributed by atoms with Crippen LogP contribution in [0.5, 0.6) is 0 Å². The summed E-state index contributed by atoms with van der Waals surface area (Å²) in [5.74, 6) is 0. The van der Waals surface area contributed by atoms with Crippen molar-refractivity contribution in [1.82, 2.24) is 0 Å². The third-order valence-electron chi connectivity index (χ3n) is 12.0. The highest BCUT2D eigenvalue weighted by molar-refractivity contribution is 6.14. The minimum absolute atomic E-state index is 0.192. The molecule has 0 N–H and O–H groups in total. The smallest absolute Gasteiger partial charge is 0.136 e. The first-order valence-electron chi connectivity index (χ1n) is 21.8. The Kier molecular flexibility index (Phi) is 5.87. The SMILES string of the molecule is [2H]c1c([2H])c([2H])c(-c2ccc3c(c2)C2(c4ccccc4-c4ccccc42)c2cc(N(c4ccccc4)c4ccccc4-c4cccc5oc6ccccc6c45)ccc2-3)c([2H])c1[2H]. The Balaban J connectivity index is 1.13. The molecule has 2 heteroatoms. The molecule has 2 aliphatic carbocycles. The molecule has 1 aromatic heterocycles. The molecule has 0 saturated carbocycles. The molecule has 57 heavy (non-hydrogen) atoms. The molecule has 0 bridgehead atoms. The second kappa shape index (κ2) is 12.3. The van der Waals surface area contributed by atoms with E-state index >= 15 is 0 Å². The summed E-state index contributed by atoms with van der Waals surface area (Å²) < 4.78 is 49.6. The fourth-order valence-corrected chi connectivity index (χ4v) is 9.72.